The van der Waals surface area contributed by atoms with Crippen molar-refractivity contribution in [2.45, 2.75) is 39.2 Å². The van der Waals surface area contributed by atoms with Gasteiger partial charge in [-0.05, 0) is 25.8 Å². The summed E-state index contributed by atoms with van der Waals surface area (Å²) in [6.07, 6.45) is 1.45. The fraction of sp³-hybridized carbons (Fsp3) is 0.375. The Hall–Kier alpha value is -2.34. The van der Waals surface area contributed by atoms with E-state index < -0.39 is 28.9 Å². The lowest BCUT2D eigenvalue weighted by molar-refractivity contribution is -0.326. The SMILES string of the molecule is CCCC(C)(C)OOC(C(=O)O)=C(C(=O)O)c1ccccc1. The van der Waals surface area contributed by atoms with Crippen molar-refractivity contribution in [3.05, 3.63) is 41.7 Å². The second kappa shape index (κ2) is 7.61. The summed E-state index contributed by atoms with van der Waals surface area (Å²) in [5, 5.41) is 18.6. The largest absolute Gasteiger partial charge is 0.478 e. The molecule has 0 heterocycles. The average Bonchev–Trinajstić information content (AvgIpc) is 2.43. The Labute approximate surface area is 128 Å². The molecule has 6 nitrogen and oxygen atoms in total. The van der Waals surface area contributed by atoms with Crippen molar-refractivity contribution in [2.24, 2.45) is 0 Å². The van der Waals surface area contributed by atoms with E-state index in [-0.39, 0.29) is 5.56 Å². The van der Waals surface area contributed by atoms with Gasteiger partial charge in [0.1, 0.15) is 11.2 Å². The highest BCUT2D eigenvalue weighted by atomic mass is 17.2. The van der Waals surface area contributed by atoms with Gasteiger partial charge in [-0.2, -0.15) is 4.89 Å². The third kappa shape index (κ3) is 4.89. The highest BCUT2D eigenvalue weighted by Crippen LogP contribution is 2.24. The van der Waals surface area contributed by atoms with Gasteiger partial charge in [0.25, 0.3) is 5.76 Å². The zero-order valence-corrected chi connectivity index (χ0v) is 12.8. The van der Waals surface area contributed by atoms with Crippen molar-refractivity contribution in [1.82, 2.24) is 0 Å². The van der Waals surface area contributed by atoms with Crippen LogP contribution in [0, 0.1) is 0 Å². The number of benzene rings is 1. The van der Waals surface area contributed by atoms with Gasteiger partial charge in [0.05, 0.1) is 0 Å². The van der Waals surface area contributed by atoms with Gasteiger partial charge in [0.15, 0.2) is 0 Å². The van der Waals surface area contributed by atoms with Crippen LogP contribution in [0.15, 0.2) is 36.1 Å². The molecule has 0 fully saturated rings. The van der Waals surface area contributed by atoms with Gasteiger partial charge in [-0.25, -0.2) is 9.59 Å². The molecule has 0 radical (unpaired) electrons. The number of aliphatic carboxylic acids is 2. The van der Waals surface area contributed by atoms with E-state index in [4.69, 9.17) is 9.78 Å². The number of rotatable bonds is 8. The van der Waals surface area contributed by atoms with Gasteiger partial charge >= 0.3 is 11.9 Å². The van der Waals surface area contributed by atoms with Crippen molar-refractivity contribution in [3.8, 4) is 0 Å². The van der Waals surface area contributed by atoms with Gasteiger partial charge in [0.2, 0.25) is 0 Å². The van der Waals surface area contributed by atoms with E-state index in [2.05, 4.69) is 0 Å². The molecule has 0 saturated heterocycles. The zero-order valence-electron chi connectivity index (χ0n) is 12.8. The lowest BCUT2D eigenvalue weighted by Gasteiger charge is -2.23. The Morgan fingerprint density at radius 1 is 1.09 bits per heavy atom. The second-order valence-electron chi connectivity index (χ2n) is 5.36. The number of carbonyl (C=O) groups is 2. The molecule has 1 rings (SSSR count). The Morgan fingerprint density at radius 2 is 1.68 bits per heavy atom. The van der Waals surface area contributed by atoms with Gasteiger partial charge in [-0.15, -0.1) is 0 Å². The summed E-state index contributed by atoms with van der Waals surface area (Å²) < 4.78 is 0. The first kappa shape index (κ1) is 17.7. The number of carboxylic acids is 2. The molecule has 6 heteroatoms. The summed E-state index contributed by atoms with van der Waals surface area (Å²) in [5.74, 6) is -3.66. The minimum Gasteiger partial charge on any atom is -0.478 e. The van der Waals surface area contributed by atoms with Gasteiger partial charge < -0.3 is 15.1 Å². The maximum atomic E-state index is 11.4. The first-order valence-corrected chi connectivity index (χ1v) is 6.90. The lowest BCUT2D eigenvalue weighted by Crippen LogP contribution is -2.26. The molecule has 0 aliphatic rings. The highest BCUT2D eigenvalue weighted by Gasteiger charge is 2.28. The molecular weight excluding hydrogens is 288 g/mol. The summed E-state index contributed by atoms with van der Waals surface area (Å²) in [7, 11) is 0. The molecule has 0 spiro atoms. The van der Waals surface area contributed by atoms with E-state index in [1.165, 1.54) is 12.1 Å². The Balaban J connectivity index is 3.18. The topological polar surface area (TPSA) is 93.1 Å². The van der Waals surface area contributed by atoms with Crippen molar-refractivity contribution in [2.75, 3.05) is 0 Å². The molecule has 0 bridgehead atoms. The van der Waals surface area contributed by atoms with Crippen LogP contribution in [0.5, 0.6) is 0 Å². The molecule has 1 aromatic carbocycles. The maximum Gasteiger partial charge on any atom is 0.376 e. The number of carboxylic acid groups (broad SMARTS) is 2. The third-order valence-electron chi connectivity index (χ3n) is 2.90. The standard InChI is InChI=1S/C16H20O6/c1-4-10-16(2,3)22-21-13(15(19)20)12(14(17)18)11-8-6-5-7-9-11/h5-9H,4,10H2,1-3H3,(H,17,18)(H,19,20). The Morgan fingerprint density at radius 3 is 2.14 bits per heavy atom. The van der Waals surface area contributed by atoms with Crippen LogP contribution in [0.2, 0.25) is 0 Å². The summed E-state index contributed by atoms with van der Waals surface area (Å²) in [5.41, 5.74) is -0.958. The summed E-state index contributed by atoms with van der Waals surface area (Å²) in [6, 6.07) is 7.91. The molecule has 0 amide bonds. The monoisotopic (exact) mass is 308 g/mol. The van der Waals surface area contributed by atoms with Crippen LogP contribution in [0.25, 0.3) is 5.57 Å². The van der Waals surface area contributed by atoms with Crippen LogP contribution in [0.1, 0.15) is 39.2 Å². The minimum atomic E-state index is -1.51. The lowest BCUT2D eigenvalue weighted by atomic mass is 10.0. The van der Waals surface area contributed by atoms with E-state index in [1.54, 1.807) is 32.0 Å². The van der Waals surface area contributed by atoms with Crippen molar-refractivity contribution in [3.63, 3.8) is 0 Å². The first-order valence-electron chi connectivity index (χ1n) is 6.90. The average molecular weight is 308 g/mol. The number of hydrogen-bond donors (Lipinski definition) is 2. The molecule has 120 valence electrons. The van der Waals surface area contributed by atoms with Crippen LogP contribution >= 0.6 is 0 Å². The van der Waals surface area contributed by atoms with Crippen LogP contribution in [-0.2, 0) is 19.4 Å². The van der Waals surface area contributed by atoms with Crippen LogP contribution in [0.3, 0.4) is 0 Å². The quantitative estimate of drug-likeness (QED) is 0.332. The molecule has 22 heavy (non-hydrogen) atoms. The van der Waals surface area contributed by atoms with Crippen molar-refractivity contribution >= 4 is 17.5 Å². The van der Waals surface area contributed by atoms with Crippen LogP contribution in [0.4, 0.5) is 0 Å². The van der Waals surface area contributed by atoms with Crippen molar-refractivity contribution in [1.29, 1.82) is 0 Å². The van der Waals surface area contributed by atoms with Crippen molar-refractivity contribution < 1.29 is 29.6 Å². The molecule has 0 aromatic heterocycles. The smallest absolute Gasteiger partial charge is 0.376 e. The predicted molar refractivity (Wildman–Crippen MR) is 79.8 cm³/mol. The zero-order chi connectivity index (χ0) is 16.8. The maximum absolute atomic E-state index is 11.4. The number of hydrogen-bond acceptors (Lipinski definition) is 4. The molecule has 2 N–H and O–H groups in total. The minimum absolute atomic E-state index is 0.226. The van der Waals surface area contributed by atoms with E-state index in [9.17, 15) is 19.8 Å². The summed E-state index contributed by atoms with van der Waals surface area (Å²) in [6.45, 7) is 5.42. The van der Waals surface area contributed by atoms with E-state index in [0.29, 0.717) is 6.42 Å². The first-order chi connectivity index (χ1) is 10.3. The molecule has 1 aromatic rings. The van der Waals surface area contributed by atoms with E-state index in [0.717, 1.165) is 6.42 Å². The normalized spacial score (nSPS) is 12.5. The molecular formula is C16H20O6. The van der Waals surface area contributed by atoms with Crippen LogP contribution < -0.4 is 0 Å². The Bertz CT molecular complexity index is 559. The van der Waals surface area contributed by atoms with E-state index >= 15 is 0 Å². The molecule has 0 saturated carbocycles. The molecule has 0 atom stereocenters. The molecule has 0 unspecified atom stereocenters. The van der Waals surface area contributed by atoms with Gasteiger partial charge in [-0.3, -0.25) is 0 Å². The third-order valence-corrected chi connectivity index (χ3v) is 2.90. The highest BCUT2D eigenvalue weighted by molar-refractivity contribution is 6.20. The summed E-state index contributed by atoms with van der Waals surface area (Å²) >= 11 is 0. The fourth-order valence-corrected chi connectivity index (χ4v) is 1.94. The summed E-state index contributed by atoms with van der Waals surface area (Å²) in [4.78, 5) is 32.8. The van der Waals surface area contributed by atoms with E-state index in [1.807, 2.05) is 6.92 Å². The molecule has 0 aliphatic carbocycles. The fourth-order valence-electron chi connectivity index (χ4n) is 1.94. The predicted octanol–water partition coefficient (Wildman–Crippen LogP) is 3.09. The van der Waals surface area contributed by atoms with Gasteiger partial charge in [-0.1, -0.05) is 43.7 Å². The second-order valence-corrected chi connectivity index (χ2v) is 5.36. The Kier molecular flexibility index (Phi) is 6.12. The van der Waals surface area contributed by atoms with Crippen LogP contribution in [-0.4, -0.2) is 27.8 Å². The van der Waals surface area contributed by atoms with Gasteiger partial charge in [0, 0.05) is 0 Å². The molecule has 0 aliphatic heterocycles.